The lowest BCUT2D eigenvalue weighted by Gasteiger charge is -2.09. The number of amides is 1. The first-order chi connectivity index (χ1) is 12.5. The summed E-state index contributed by atoms with van der Waals surface area (Å²) in [6, 6.07) is 14.1. The molecule has 1 heterocycles. The van der Waals surface area contributed by atoms with Gasteiger partial charge in [-0.25, -0.2) is 18.7 Å². The normalized spacial score (nSPS) is 10.4. The van der Waals surface area contributed by atoms with Gasteiger partial charge in [0, 0.05) is 18.3 Å². The van der Waals surface area contributed by atoms with Crippen molar-refractivity contribution in [3.05, 3.63) is 83.2 Å². The van der Waals surface area contributed by atoms with Gasteiger partial charge < -0.3 is 10.6 Å². The Morgan fingerprint density at radius 3 is 2.54 bits per heavy atom. The Bertz CT molecular complexity index is 932. The van der Waals surface area contributed by atoms with Gasteiger partial charge >= 0.3 is 0 Å². The number of benzene rings is 2. The third kappa shape index (κ3) is 4.38. The second-order valence-corrected chi connectivity index (χ2v) is 5.64. The molecule has 0 unspecified atom stereocenters. The number of rotatable bonds is 5. The van der Waals surface area contributed by atoms with Gasteiger partial charge in [0.05, 0.1) is 5.69 Å². The summed E-state index contributed by atoms with van der Waals surface area (Å²) in [4.78, 5) is 20.7. The summed E-state index contributed by atoms with van der Waals surface area (Å²) in [5.74, 6) is -1.89. The molecule has 0 fully saturated rings. The molecule has 0 aliphatic rings. The first-order valence-corrected chi connectivity index (χ1v) is 7.91. The molecule has 0 saturated carbocycles. The summed E-state index contributed by atoms with van der Waals surface area (Å²) < 4.78 is 26.7. The van der Waals surface area contributed by atoms with Crippen LogP contribution in [0.3, 0.4) is 0 Å². The van der Waals surface area contributed by atoms with Gasteiger partial charge in [0.1, 0.15) is 17.3 Å². The van der Waals surface area contributed by atoms with E-state index in [9.17, 15) is 13.6 Å². The average molecular weight is 354 g/mol. The van der Waals surface area contributed by atoms with Crippen molar-refractivity contribution in [1.29, 1.82) is 0 Å². The monoisotopic (exact) mass is 354 g/mol. The lowest BCUT2D eigenvalue weighted by Crippen LogP contribution is -2.17. The van der Waals surface area contributed by atoms with Crippen molar-refractivity contribution in [3.63, 3.8) is 0 Å². The highest BCUT2D eigenvalue weighted by atomic mass is 19.1. The smallest absolute Gasteiger partial charge is 0.274 e. The van der Waals surface area contributed by atoms with Crippen molar-refractivity contribution in [3.8, 4) is 0 Å². The van der Waals surface area contributed by atoms with Crippen molar-refractivity contribution in [2.24, 2.45) is 0 Å². The minimum atomic E-state index is -0.855. The fraction of sp³-hybridized carbons (Fsp3) is 0.105. The maximum Gasteiger partial charge on any atom is 0.274 e. The molecule has 3 rings (SSSR count). The van der Waals surface area contributed by atoms with Crippen LogP contribution < -0.4 is 10.6 Å². The van der Waals surface area contributed by atoms with Gasteiger partial charge in [-0.1, -0.05) is 30.3 Å². The molecule has 0 bridgehead atoms. The van der Waals surface area contributed by atoms with Crippen LogP contribution in [-0.2, 0) is 6.54 Å². The summed E-state index contributed by atoms with van der Waals surface area (Å²) in [5.41, 5.74) is 1.58. The van der Waals surface area contributed by atoms with Crippen LogP contribution in [0.15, 0.2) is 54.6 Å². The van der Waals surface area contributed by atoms with Gasteiger partial charge in [0.15, 0.2) is 0 Å². The van der Waals surface area contributed by atoms with Crippen LogP contribution in [0.1, 0.15) is 21.7 Å². The Morgan fingerprint density at radius 2 is 1.81 bits per heavy atom. The average Bonchev–Trinajstić information content (AvgIpc) is 2.63. The Hall–Kier alpha value is -3.35. The summed E-state index contributed by atoms with van der Waals surface area (Å²) in [5, 5.41) is 5.44. The van der Waals surface area contributed by atoms with Gasteiger partial charge in [-0.2, -0.15) is 0 Å². The Kier molecular flexibility index (Phi) is 5.17. The van der Waals surface area contributed by atoms with E-state index >= 15 is 0 Å². The van der Waals surface area contributed by atoms with Crippen LogP contribution in [0.5, 0.6) is 0 Å². The summed E-state index contributed by atoms with van der Waals surface area (Å²) in [6.07, 6.45) is 0. The zero-order chi connectivity index (χ0) is 18.5. The second kappa shape index (κ2) is 7.69. The molecule has 3 aromatic rings. The molecule has 2 aromatic carbocycles. The predicted octanol–water partition coefficient (Wildman–Crippen LogP) is 3.93. The quantitative estimate of drug-likeness (QED) is 0.729. The highest BCUT2D eigenvalue weighted by Gasteiger charge is 2.13. The van der Waals surface area contributed by atoms with Gasteiger partial charge in [0.25, 0.3) is 5.91 Å². The number of hydrogen-bond donors (Lipinski definition) is 2. The second-order valence-electron chi connectivity index (χ2n) is 5.64. The Labute approximate surface area is 149 Å². The lowest BCUT2D eigenvalue weighted by molar-refractivity contribution is 0.102. The Balaban J connectivity index is 1.75. The molecule has 26 heavy (non-hydrogen) atoms. The van der Waals surface area contributed by atoms with E-state index in [1.54, 1.807) is 6.92 Å². The SMILES string of the molecule is Cc1cc(C(=O)Nc2ccc(F)cc2F)nc(NCc2ccccc2)n1. The number of nitrogens with one attached hydrogen (secondary N) is 2. The van der Waals surface area contributed by atoms with Crippen LogP contribution in [-0.4, -0.2) is 15.9 Å². The first-order valence-electron chi connectivity index (χ1n) is 7.91. The molecule has 132 valence electrons. The first kappa shape index (κ1) is 17.5. The van der Waals surface area contributed by atoms with Gasteiger partial charge in [-0.15, -0.1) is 0 Å². The number of halogens is 2. The molecular formula is C19H16F2N4O. The molecule has 5 nitrogen and oxygen atoms in total. The summed E-state index contributed by atoms with van der Waals surface area (Å²) in [7, 11) is 0. The van der Waals surface area contributed by atoms with Crippen molar-refractivity contribution in [1.82, 2.24) is 9.97 Å². The van der Waals surface area contributed by atoms with E-state index in [0.29, 0.717) is 24.3 Å². The van der Waals surface area contributed by atoms with E-state index in [1.807, 2.05) is 30.3 Å². The van der Waals surface area contributed by atoms with Crippen LogP contribution in [0.4, 0.5) is 20.4 Å². The van der Waals surface area contributed by atoms with Gasteiger partial charge in [0.2, 0.25) is 5.95 Å². The molecule has 1 amide bonds. The minimum Gasteiger partial charge on any atom is -0.350 e. The molecule has 1 aromatic heterocycles. The molecule has 2 N–H and O–H groups in total. The zero-order valence-corrected chi connectivity index (χ0v) is 14.0. The number of carbonyl (C=O) groups excluding carboxylic acids is 1. The third-order valence-corrected chi connectivity index (χ3v) is 3.56. The molecular weight excluding hydrogens is 338 g/mol. The maximum absolute atomic E-state index is 13.7. The minimum absolute atomic E-state index is 0.0804. The fourth-order valence-electron chi connectivity index (χ4n) is 2.32. The van der Waals surface area contributed by atoms with E-state index in [4.69, 9.17) is 0 Å². The molecule has 7 heteroatoms. The van der Waals surface area contributed by atoms with E-state index in [-0.39, 0.29) is 11.4 Å². The number of aromatic nitrogens is 2. The standard InChI is InChI=1S/C19H16F2N4O/c1-12-9-17(18(26)24-16-8-7-14(20)10-15(16)21)25-19(23-12)22-11-13-5-3-2-4-6-13/h2-10H,11H2,1H3,(H,24,26)(H,22,23,25). The highest BCUT2D eigenvalue weighted by molar-refractivity contribution is 6.03. The van der Waals surface area contributed by atoms with Crippen LogP contribution in [0.25, 0.3) is 0 Å². The van der Waals surface area contributed by atoms with Crippen LogP contribution in [0.2, 0.25) is 0 Å². The summed E-state index contributed by atoms with van der Waals surface area (Å²) >= 11 is 0. The van der Waals surface area contributed by atoms with Crippen molar-refractivity contribution in [2.75, 3.05) is 10.6 Å². The largest absolute Gasteiger partial charge is 0.350 e. The predicted molar refractivity (Wildman–Crippen MR) is 94.8 cm³/mol. The molecule has 0 spiro atoms. The van der Waals surface area contributed by atoms with Crippen LogP contribution in [0, 0.1) is 18.6 Å². The van der Waals surface area contributed by atoms with Crippen molar-refractivity contribution < 1.29 is 13.6 Å². The molecule has 0 aliphatic carbocycles. The van der Waals surface area contributed by atoms with E-state index in [2.05, 4.69) is 20.6 Å². The van der Waals surface area contributed by atoms with E-state index in [1.165, 1.54) is 6.07 Å². The number of anilines is 2. The van der Waals surface area contributed by atoms with Gasteiger partial charge in [-0.3, -0.25) is 4.79 Å². The highest BCUT2D eigenvalue weighted by Crippen LogP contribution is 2.16. The Morgan fingerprint density at radius 1 is 1.04 bits per heavy atom. The number of nitrogens with zero attached hydrogens (tertiary/aromatic N) is 2. The summed E-state index contributed by atoms with van der Waals surface area (Å²) in [6.45, 7) is 2.22. The fourth-order valence-corrected chi connectivity index (χ4v) is 2.32. The molecule has 0 saturated heterocycles. The van der Waals surface area contributed by atoms with E-state index < -0.39 is 17.5 Å². The molecule has 0 aliphatic heterocycles. The van der Waals surface area contributed by atoms with Gasteiger partial charge in [-0.05, 0) is 30.7 Å². The molecule has 0 radical (unpaired) electrons. The third-order valence-electron chi connectivity index (χ3n) is 3.56. The molecule has 0 atom stereocenters. The zero-order valence-electron chi connectivity index (χ0n) is 14.0. The number of carbonyl (C=O) groups is 1. The lowest BCUT2D eigenvalue weighted by atomic mass is 10.2. The van der Waals surface area contributed by atoms with Crippen LogP contribution >= 0.6 is 0 Å². The van der Waals surface area contributed by atoms with E-state index in [0.717, 1.165) is 17.7 Å². The number of aryl methyl sites for hydroxylation is 1. The maximum atomic E-state index is 13.7. The number of hydrogen-bond acceptors (Lipinski definition) is 4. The topological polar surface area (TPSA) is 66.9 Å². The van der Waals surface area contributed by atoms with Crippen molar-refractivity contribution >= 4 is 17.5 Å². The van der Waals surface area contributed by atoms with Crippen molar-refractivity contribution in [2.45, 2.75) is 13.5 Å².